The van der Waals surface area contributed by atoms with Crippen molar-refractivity contribution in [2.24, 2.45) is 0 Å². The predicted octanol–water partition coefficient (Wildman–Crippen LogP) is 4.22. The smallest absolute Gasteiger partial charge is 0.270 e. The first-order chi connectivity index (χ1) is 28.6. The zero-order valence-electron chi connectivity index (χ0n) is 32.4. The van der Waals surface area contributed by atoms with Crippen LogP contribution >= 0.6 is 11.9 Å². The largest absolute Gasteiger partial charge is 0.367 e. The van der Waals surface area contributed by atoms with Crippen molar-refractivity contribution >= 4 is 58.2 Å². The molecule has 1 aliphatic carbocycles. The zero-order valence-corrected chi connectivity index (χ0v) is 33.2. The van der Waals surface area contributed by atoms with Gasteiger partial charge in [0.25, 0.3) is 17.4 Å². The maximum absolute atomic E-state index is 15.5. The fourth-order valence-electron chi connectivity index (χ4n) is 9.02. The van der Waals surface area contributed by atoms with Crippen LogP contribution in [-0.4, -0.2) is 104 Å². The number of nitriles is 1. The molecule has 4 aliphatic heterocycles. The number of amides is 4. The minimum atomic E-state index is -1.11. The third-order valence-corrected chi connectivity index (χ3v) is 13.2. The van der Waals surface area contributed by atoms with Gasteiger partial charge in [0.2, 0.25) is 17.8 Å². The molecule has 17 heteroatoms. The van der Waals surface area contributed by atoms with Gasteiger partial charge in [-0.3, -0.25) is 43.7 Å². The number of fused-ring (bicyclic) bond motifs is 2. The number of piperazine rings is 1. The summed E-state index contributed by atoms with van der Waals surface area (Å²) in [5.41, 5.74) is 1.84. The predicted molar refractivity (Wildman–Crippen MR) is 217 cm³/mol. The quantitative estimate of drug-likeness (QED) is 0.182. The van der Waals surface area contributed by atoms with Crippen molar-refractivity contribution in [3.05, 3.63) is 87.1 Å². The standard InChI is InChI=1S/C42H43FN10O5S/c43-33-20-31-32(41(58)53(40(31)57)34-8-9-36(54)47-38(34)55)21-35(33)50-16-14-49(15-17-50)24-25-4-3-7-30(18-25)59-51-12-10-28(11-13-51)46-42-45-23-27-19-26(22-44)39(56)52(37(27)48-42)29-5-1-2-6-29/h3-4,7,18-21,23,28-29,34H,1-2,5-6,8-17,24H2,(H,45,46,48)(H,47,54,55). The van der Waals surface area contributed by atoms with Crippen molar-refractivity contribution in [1.82, 2.24) is 34.0 Å². The third kappa shape index (κ3) is 7.68. The number of nitrogens with zero attached hydrogens (tertiary/aromatic N) is 8. The molecule has 15 nitrogen and oxygen atoms in total. The Labute approximate surface area is 343 Å². The number of benzene rings is 2. The fraction of sp³-hybridized carbons (Fsp3) is 0.429. The van der Waals surface area contributed by atoms with Gasteiger partial charge in [-0.05, 0) is 79.9 Å². The van der Waals surface area contributed by atoms with E-state index in [1.54, 1.807) is 28.8 Å². The highest BCUT2D eigenvalue weighted by Gasteiger charge is 2.45. The number of imide groups is 2. The van der Waals surface area contributed by atoms with Crippen molar-refractivity contribution in [3.63, 3.8) is 0 Å². The van der Waals surface area contributed by atoms with Crippen LogP contribution in [0.1, 0.15) is 89.3 Å². The van der Waals surface area contributed by atoms with Gasteiger partial charge in [0.1, 0.15) is 29.1 Å². The van der Waals surface area contributed by atoms with Crippen LogP contribution in [0.25, 0.3) is 11.0 Å². The highest BCUT2D eigenvalue weighted by atomic mass is 32.2. The molecule has 0 spiro atoms. The topological polar surface area (TPSA) is 177 Å². The number of aromatic nitrogens is 3. The number of hydrogen-bond acceptors (Lipinski definition) is 13. The monoisotopic (exact) mass is 818 g/mol. The van der Waals surface area contributed by atoms with E-state index in [4.69, 9.17) is 4.98 Å². The number of rotatable bonds is 9. The first kappa shape index (κ1) is 38.8. The summed E-state index contributed by atoms with van der Waals surface area (Å²) in [6.45, 7) is 4.86. The molecule has 0 bridgehead atoms. The van der Waals surface area contributed by atoms with Crippen LogP contribution in [0.15, 0.2) is 58.4 Å². The average Bonchev–Trinajstić information content (AvgIpc) is 3.84. The Hall–Kier alpha value is -5.70. The first-order valence-corrected chi connectivity index (χ1v) is 21.0. The molecule has 1 unspecified atom stereocenters. The first-order valence-electron chi connectivity index (χ1n) is 20.3. The number of pyridine rings is 1. The second kappa shape index (κ2) is 16.2. The molecule has 0 radical (unpaired) electrons. The molecule has 4 aromatic rings. The lowest BCUT2D eigenvalue weighted by Gasteiger charge is -2.36. The second-order valence-corrected chi connectivity index (χ2v) is 17.1. The number of carbonyl (C=O) groups excluding carboxylic acids is 4. The summed E-state index contributed by atoms with van der Waals surface area (Å²) < 4.78 is 19.6. The molecular weight excluding hydrogens is 776 g/mol. The van der Waals surface area contributed by atoms with Gasteiger partial charge in [-0.25, -0.2) is 13.7 Å². The van der Waals surface area contributed by atoms with E-state index in [-0.39, 0.29) is 52.9 Å². The molecule has 2 aromatic carbocycles. The Bertz CT molecular complexity index is 2470. The van der Waals surface area contributed by atoms with E-state index in [0.717, 1.165) is 74.0 Å². The van der Waals surface area contributed by atoms with Gasteiger partial charge in [-0.2, -0.15) is 10.2 Å². The van der Waals surface area contributed by atoms with Crippen LogP contribution in [-0.2, 0) is 16.1 Å². The Morgan fingerprint density at radius 3 is 2.37 bits per heavy atom. The molecule has 4 fully saturated rings. The maximum atomic E-state index is 15.5. The van der Waals surface area contributed by atoms with E-state index in [1.165, 1.54) is 11.6 Å². The summed E-state index contributed by atoms with van der Waals surface area (Å²) in [5, 5.41) is 15.9. The molecule has 59 heavy (non-hydrogen) atoms. The van der Waals surface area contributed by atoms with Crippen molar-refractivity contribution in [2.75, 3.05) is 49.5 Å². The second-order valence-electron chi connectivity index (χ2n) is 15.9. The van der Waals surface area contributed by atoms with Crippen molar-refractivity contribution < 1.29 is 23.6 Å². The van der Waals surface area contributed by atoms with Crippen molar-refractivity contribution in [1.29, 1.82) is 5.26 Å². The SMILES string of the molecule is N#Cc1cc2cnc(NC3CCN(Sc4cccc(CN5CCN(c6cc7c(cc6F)C(=O)N(C6CCC(=O)NC6=O)C7=O)CC5)c4)CC3)nc2n(C2CCCC2)c1=O. The number of carbonyl (C=O) groups is 4. The van der Waals surface area contributed by atoms with E-state index < -0.39 is 35.5 Å². The Morgan fingerprint density at radius 2 is 1.64 bits per heavy atom. The number of nitrogens with one attached hydrogen (secondary N) is 2. The summed E-state index contributed by atoms with van der Waals surface area (Å²) >= 11 is 1.74. The molecule has 4 amide bonds. The molecule has 1 saturated carbocycles. The molecule has 5 aliphatic rings. The Balaban J connectivity index is 0.775. The van der Waals surface area contributed by atoms with Crippen LogP contribution < -0.4 is 21.1 Å². The normalized spacial score (nSPS) is 21.0. The Kier molecular flexibility index (Phi) is 10.6. The fourth-order valence-corrected chi connectivity index (χ4v) is 10.1. The lowest BCUT2D eigenvalue weighted by Crippen LogP contribution is -2.54. The van der Waals surface area contributed by atoms with Crippen LogP contribution in [0.2, 0.25) is 0 Å². The van der Waals surface area contributed by atoms with Gasteiger partial charge >= 0.3 is 0 Å². The van der Waals surface area contributed by atoms with E-state index >= 15 is 4.39 Å². The van der Waals surface area contributed by atoms with Crippen LogP contribution in [0.3, 0.4) is 0 Å². The molecule has 1 atom stereocenters. The maximum Gasteiger partial charge on any atom is 0.270 e. The summed E-state index contributed by atoms with van der Waals surface area (Å²) in [6, 6.07) is 13.8. The van der Waals surface area contributed by atoms with Crippen molar-refractivity contribution in [2.45, 2.75) is 80.9 Å². The number of hydrogen-bond donors (Lipinski definition) is 2. The lowest BCUT2D eigenvalue weighted by molar-refractivity contribution is -0.136. The van der Waals surface area contributed by atoms with Gasteiger partial charge in [-0.15, -0.1) is 0 Å². The van der Waals surface area contributed by atoms with Crippen LogP contribution in [0.4, 0.5) is 16.0 Å². The van der Waals surface area contributed by atoms with Crippen LogP contribution in [0.5, 0.6) is 0 Å². The molecule has 2 N–H and O–H groups in total. The summed E-state index contributed by atoms with van der Waals surface area (Å²) in [5.74, 6) is -2.64. The van der Waals surface area contributed by atoms with Gasteiger partial charge in [-0.1, -0.05) is 25.0 Å². The highest BCUT2D eigenvalue weighted by Crippen LogP contribution is 2.34. The van der Waals surface area contributed by atoms with Gasteiger partial charge in [0.05, 0.1) is 16.8 Å². The minimum Gasteiger partial charge on any atom is -0.367 e. The van der Waals surface area contributed by atoms with Gasteiger partial charge < -0.3 is 10.2 Å². The molecule has 3 saturated heterocycles. The van der Waals surface area contributed by atoms with E-state index in [9.17, 15) is 29.2 Å². The van der Waals surface area contributed by atoms with Crippen molar-refractivity contribution in [3.8, 4) is 6.07 Å². The average molecular weight is 819 g/mol. The molecule has 304 valence electrons. The van der Waals surface area contributed by atoms with Gasteiger partial charge in [0.15, 0.2) is 0 Å². The number of anilines is 2. The molecular formula is C42H43FN10O5S. The Morgan fingerprint density at radius 1 is 0.898 bits per heavy atom. The van der Waals surface area contributed by atoms with E-state index in [1.807, 2.05) is 11.0 Å². The summed E-state index contributed by atoms with van der Waals surface area (Å²) in [6.07, 6.45) is 7.47. The van der Waals surface area contributed by atoms with E-state index in [0.29, 0.717) is 43.2 Å². The molecule has 6 heterocycles. The van der Waals surface area contributed by atoms with Gasteiger partial charge in [0, 0.05) is 80.8 Å². The molecule has 2 aromatic heterocycles. The zero-order chi connectivity index (χ0) is 40.8. The molecule has 9 rings (SSSR count). The van der Waals surface area contributed by atoms with E-state index in [2.05, 4.69) is 49.1 Å². The lowest BCUT2D eigenvalue weighted by atomic mass is 10.0. The summed E-state index contributed by atoms with van der Waals surface area (Å²) in [4.78, 5) is 79.3. The summed E-state index contributed by atoms with van der Waals surface area (Å²) in [7, 11) is 0. The number of piperidine rings is 2. The minimum absolute atomic E-state index is 0.0136. The van der Waals surface area contributed by atoms with Crippen LogP contribution in [0, 0.1) is 17.1 Å². The highest BCUT2D eigenvalue weighted by molar-refractivity contribution is 7.97. The number of halogens is 1. The third-order valence-electron chi connectivity index (χ3n) is 12.1.